The fraction of sp³-hybridized carbons (Fsp3) is 0.333. The van der Waals surface area contributed by atoms with E-state index >= 15 is 0 Å². The normalized spacial score (nSPS) is 12.7. The van der Waals surface area contributed by atoms with Crippen LogP contribution in [0.5, 0.6) is 0 Å². The van der Waals surface area contributed by atoms with Crippen molar-refractivity contribution in [2.45, 2.75) is 26.2 Å². The van der Waals surface area contributed by atoms with Crippen LogP contribution in [0.25, 0.3) is 5.69 Å². The molecule has 5 heteroatoms. The molecule has 0 spiro atoms. The highest BCUT2D eigenvalue weighted by atomic mass is 35.5. The first-order valence-electron chi connectivity index (χ1n) is 5.50. The number of nitrogens with zero attached hydrogens (tertiary/aromatic N) is 3. The van der Waals surface area contributed by atoms with Crippen LogP contribution in [0.4, 0.5) is 0 Å². The molecule has 0 aliphatic heterocycles. The van der Waals surface area contributed by atoms with E-state index in [1.165, 1.54) is 0 Å². The summed E-state index contributed by atoms with van der Waals surface area (Å²) in [5, 5.41) is 5.48. The van der Waals surface area contributed by atoms with Gasteiger partial charge in [-0.25, -0.2) is 9.67 Å². The molecule has 0 aliphatic carbocycles. The summed E-state index contributed by atoms with van der Waals surface area (Å²) in [6.45, 7) is 4.18. The zero-order valence-electron chi connectivity index (χ0n) is 9.69. The molecule has 0 radical (unpaired) electrons. The van der Waals surface area contributed by atoms with Gasteiger partial charge < -0.3 is 0 Å². The van der Waals surface area contributed by atoms with E-state index in [0.717, 1.165) is 17.9 Å². The molecule has 1 heterocycles. The summed E-state index contributed by atoms with van der Waals surface area (Å²) >= 11 is 11.9. The Balaban J connectivity index is 2.39. The van der Waals surface area contributed by atoms with Crippen molar-refractivity contribution in [2.24, 2.45) is 0 Å². The number of halogens is 2. The predicted molar refractivity (Wildman–Crippen MR) is 70.1 cm³/mol. The lowest BCUT2D eigenvalue weighted by Crippen LogP contribution is -1.99. The summed E-state index contributed by atoms with van der Waals surface area (Å²) in [6, 6.07) is 7.34. The maximum atomic E-state index is 6.08. The number of hydrogen-bond acceptors (Lipinski definition) is 2. The zero-order valence-corrected chi connectivity index (χ0v) is 11.2. The Kier molecular flexibility index (Phi) is 3.69. The molecule has 0 aliphatic rings. The van der Waals surface area contributed by atoms with Gasteiger partial charge in [0.25, 0.3) is 0 Å². The Labute approximate surface area is 110 Å². The van der Waals surface area contributed by atoms with Gasteiger partial charge in [0, 0.05) is 10.9 Å². The topological polar surface area (TPSA) is 30.7 Å². The number of hydrogen-bond donors (Lipinski definition) is 0. The molecular formula is C12H13Cl2N3. The fourth-order valence-electron chi connectivity index (χ4n) is 1.45. The van der Waals surface area contributed by atoms with Crippen LogP contribution in [0.1, 0.15) is 32.0 Å². The lowest BCUT2D eigenvalue weighted by molar-refractivity contribution is 0.672. The maximum absolute atomic E-state index is 6.08. The van der Waals surface area contributed by atoms with Crippen molar-refractivity contribution in [2.75, 3.05) is 0 Å². The van der Waals surface area contributed by atoms with Crippen LogP contribution in [-0.2, 0) is 0 Å². The van der Waals surface area contributed by atoms with Crippen LogP contribution in [0.15, 0.2) is 24.3 Å². The van der Waals surface area contributed by atoms with Gasteiger partial charge in [-0.1, -0.05) is 25.4 Å². The first kappa shape index (κ1) is 12.4. The van der Waals surface area contributed by atoms with Crippen molar-refractivity contribution in [3.05, 3.63) is 40.4 Å². The third kappa shape index (κ3) is 2.61. The van der Waals surface area contributed by atoms with Crippen molar-refractivity contribution in [1.82, 2.24) is 14.8 Å². The molecule has 0 amide bonds. The largest absolute Gasteiger partial charge is 0.225 e. The van der Waals surface area contributed by atoms with E-state index in [1.807, 2.05) is 12.1 Å². The van der Waals surface area contributed by atoms with E-state index in [2.05, 4.69) is 23.9 Å². The van der Waals surface area contributed by atoms with Gasteiger partial charge in [0.15, 0.2) is 5.82 Å². The lowest BCUT2D eigenvalue weighted by atomic mass is 10.1. The Bertz CT molecular complexity index is 505. The molecule has 90 valence electrons. The molecule has 0 fully saturated rings. The third-order valence-electron chi connectivity index (χ3n) is 2.71. The van der Waals surface area contributed by atoms with Gasteiger partial charge in [0.05, 0.1) is 5.69 Å². The molecule has 1 aromatic heterocycles. The summed E-state index contributed by atoms with van der Waals surface area (Å²) < 4.78 is 1.62. The summed E-state index contributed by atoms with van der Waals surface area (Å²) in [7, 11) is 0. The third-order valence-corrected chi connectivity index (χ3v) is 3.20. The predicted octanol–water partition coefficient (Wildman–Crippen LogP) is 4.09. The van der Waals surface area contributed by atoms with Gasteiger partial charge in [-0.05, 0) is 42.3 Å². The SMILES string of the molecule is CC[C@H](C)c1nc(Cl)n(-c2ccc(Cl)cc2)n1. The van der Waals surface area contributed by atoms with Crippen LogP contribution < -0.4 is 0 Å². The van der Waals surface area contributed by atoms with Gasteiger partial charge >= 0.3 is 0 Å². The van der Waals surface area contributed by atoms with Crippen molar-refractivity contribution in [3.8, 4) is 5.69 Å². The average Bonchev–Trinajstić information content (AvgIpc) is 2.71. The van der Waals surface area contributed by atoms with E-state index in [9.17, 15) is 0 Å². The van der Waals surface area contributed by atoms with E-state index in [1.54, 1.807) is 16.8 Å². The monoisotopic (exact) mass is 269 g/mol. The number of aromatic nitrogens is 3. The van der Waals surface area contributed by atoms with Crippen molar-refractivity contribution < 1.29 is 0 Å². The second kappa shape index (κ2) is 5.07. The number of benzene rings is 1. The minimum Gasteiger partial charge on any atom is -0.203 e. The van der Waals surface area contributed by atoms with E-state index in [-0.39, 0.29) is 0 Å². The highest BCUT2D eigenvalue weighted by Crippen LogP contribution is 2.21. The Hall–Kier alpha value is -1.06. The number of rotatable bonds is 3. The average molecular weight is 270 g/mol. The summed E-state index contributed by atoms with van der Waals surface area (Å²) in [5.74, 6) is 1.08. The lowest BCUT2D eigenvalue weighted by Gasteiger charge is -2.02. The molecule has 0 saturated heterocycles. The summed E-state index contributed by atoms with van der Waals surface area (Å²) in [4.78, 5) is 4.26. The second-order valence-corrected chi connectivity index (χ2v) is 4.71. The van der Waals surface area contributed by atoms with E-state index in [0.29, 0.717) is 16.2 Å². The molecule has 1 aromatic carbocycles. The maximum Gasteiger partial charge on any atom is 0.225 e. The Morgan fingerprint density at radius 3 is 2.47 bits per heavy atom. The molecule has 2 aromatic rings. The van der Waals surface area contributed by atoms with Gasteiger partial charge in [-0.3, -0.25) is 0 Å². The molecule has 0 bridgehead atoms. The van der Waals surface area contributed by atoms with E-state index < -0.39 is 0 Å². The van der Waals surface area contributed by atoms with Gasteiger partial charge in [0.2, 0.25) is 5.28 Å². The molecular weight excluding hydrogens is 257 g/mol. The van der Waals surface area contributed by atoms with Gasteiger partial charge in [0.1, 0.15) is 0 Å². The Morgan fingerprint density at radius 2 is 1.88 bits per heavy atom. The van der Waals surface area contributed by atoms with Crippen molar-refractivity contribution >= 4 is 23.2 Å². The summed E-state index contributed by atoms with van der Waals surface area (Å²) in [5.41, 5.74) is 0.862. The molecule has 1 atom stereocenters. The minimum atomic E-state index is 0.307. The van der Waals surface area contributed by atoms with Crippen molar-refractivity contribution in [1.29, 1.82) is 0 Å². The second-order valence-electron chi connectivity index (χ2n) is 3.94. The molecule has 2 rings (SSSR count). The molecule has 0 saturated carbocycles. The molecule has 0 unspecified atom stereocenters. The quantitative estimate of drug-likeness (QED) is 0.841. The first-order valence-corrected chi connectivity index (χ1v) is 6.25. The van der Waals surface area contributed by atoms with Gasteiger partial charge in [-0.2, -0.15) is 0 Å². The zero-order chi connectivity index (χ0) is 12.4. The first-order chi connectivity index (χ1) is 8.11. The fourth-order valence-corrected chi connectivity index (χ4v) is 1.79. The standard InChI is InChI=1S/C12H13Cl2N3/c1-3-8(2)11-15-12(14)17(16-11)10-6-4-9(13)5-7-10/h4-8H,3H2,1-2H3/t8-/m0/s1. The van der Waals surface area contributed by atoms with Crippen LogP contribution in [0, 0.1) is 0 Å². The minimum absolute atomic E-state index is 0.307. The highest BCUT2D eigenvalue weighted by molar-refractivity contribution is 6.30. The molecule has 17 heavy (non-hydrogen) atoms. The van der Waals surface area contributed by atoms with Crippen LogP contribution in [0.2, 0.25) is 10.3 Å². The van der Waals surface area contributed by atoms with Gasteiger partial charge in [-0.15, -0.1) is 5.10 Å². The smallest absolute Gasteiger partial charge is 0.203 e. The van der Waals surface area contributed by atoms with Crippen molar-refractivity contribution in [3.63, 3.8) is 0 Å². The summed E-state index contributed by atoms with van der Waals surface area (Å²) in [6.07, 6.45) is 0.987. The van der Waals surface area contributed by atoms with E-state index in [4.69, 9.17) is 23.2 Å². The molecule has 0 N–H and O–H groups in total. The van der Waals surface area contributed by atoms with Crippen LogP contribution >= 0.6 is 23.2 Å². The molecule has 3 nitrogen and oxygen atoms in total. The van der Waals surface area contributed by atoms with Crippen LogP contribution in [0.3, 0.4) is 0 Å². The highest BCUT2D eigenvalue weighted by Gasteiger charge is 2.13. The Morgan fingerprint density at radius 1 is 1.24 bits per heavy atom. The van der Waals surface area contributed by atoms with Crippen LogP contribution in [-0.4, -0.2) is 14.8 Å².